The number of halogens is 4. The molecule has 0 atom stereocenters. The zero-order valence-corrected chi connectivity index (χ0v) is 17.4. The Hall–Kier alpha value is -3.40. The summed E-state index contributed by atoms with van der Waals surface area (Å²) in [7, 11) is 0. The Bertz CT molecular complexity index is 1110. The Morgan fingerprint density at radius 2 is 1.91 bits per heavy atom. The third-order valence-corrected chi connectivity index (χ3v) is 4.77. The normalized spacial score (nSPS) is 11.6. The fourth-order valence-electron chi connectivity index (χ4n) is 3.02. The van der Waals surface area contributed by atoms with Crippen molar-refractivity contribution in [1.29, 1.82) is 0 Å². The third kappa shape index (κ3) is 5.44. The first-order chi connectivity index (χ1) is 15.1. The summed E-state index contributed by atoms with van der Waals surface area (Å²) in [5.41, 5.74) is 0.609. The number of nitrogens with one attached hydrogen (secondary N) is 2. The summed E-state index contributed by atoms with van der Waals surface area (Å²) in [5.74, 6) is -0.527. The van der Waals surface area contributed by atoms with Crippen molar-refractivity contribution in [3.63, 3.8) is 0 Å². The molecule has 1 heterocycles. The van der Waals surface area contributed by atoms with E-state index in [4.69, 9.17) is 5.11 Å². The molecule has 0 saturated heterocycles. The lowest BCUT2D eigenvalue weighted by Crippen LogP contribution is -2.29. The van der Waals surface area contributed by atoms with Gasteiger partial charge in [-0.15, -0.1) is 0 Å². The highest BCUT2D eigenvalue weighted by molar-refractivity contribution is 5.89. The molecule has 3 rings (SSSR count). The minimum absolute atomic E-state index is 0.0724. The average molecular weight is 450 g/mol. The highest BCUT2D eigenvalue weighted by Crippen LogP contribution is 2.30. The molecule has 2 aromatic carbocycles. The Balaban J connectivity index is 1.81. The number of alkyl halides is 3. The van der Waals surface area contributed by atoms with Gasteiger partial charge in [0.1, 0.15) is 5.82 Å². The number of carbonyl (C=O) groups excluding carboxylic acids is 1. The Labute approximate surface area is 181 Å². The van der Waals surface area contributed by atoms with E-state index < -0.39 is 30.3 Å². The molecule has 0 aliphatic carbocycles. The van der Waals surface area contributed by atoms with Crippen LogP contribution in [0.2, 0.25) is 0 Å². The van der Waals surface area contributed by atoms with Crippen molar-refractivity contribution >= 4 is 11.7 Å². The molecule has 0 bridgehead atoms. The molecule has 6 nitrogen and oxygen atoms in total. The molecule has 0 radical (unpaired) electrons. The van der Waals surface area contributed by atoms with Crippen molar-refractivity contribution in [3.05, 3.63) is 76.9 Å². The molecule has 32 heavy (non-hydrogen) atoms. The second kappa shape index (κ2) is 9.39. The predicted molar refractivity (Wildman–Crippen MR) is 111 cm³/mol. The second-order valence-corrected chi connectivity index (χ2v) is 7.45. The van der Waals surface area contributed by atoms with E-state index >= 15 is 0 Å². The Morgan fingerprint density at radius 3 is 2.53 bits per heavy atom. The summed E-state index contributed by atoms with van der Waals surface area (Å²) in [5, 5.41) is 17.6. The highest BCUT2D eigenvalue weighted by atomic mass is 19.4. The smallest absolute Gasteiger partial charge is 0.392 e. The predicted octanol–water partition coefficient (Wildman–Crippen LogP) is 4.97. The van der Waals surface area contributed by atoms with Gasteiger partial charge in [-0.2, -0.15) is 18.3 Å². The molecule has 3 aromatic rings. The zero-order valence-electron chi connectivity index (χ0n) is 17.4. The van der Waals surface area contributed by atoms with Crippen LogP contribution in [0.3, 0.4) is 0 Å². The molecule has 0 fully saturated rings. The minimum atomic E-state index is -4.65. The van der Waals surface area contributed by atoms with Gasteiger partial charge in [0.2, 0.25) is 0 Å². The first-order valence-electron chi connectivity index (χ1n) is 9.79. The molecule has 10 heteroatoms. The molecule has 1 aromatic heterocycles. The molecular weight excluding hydrogens is 428 g/mol. The Morgan fingerprint density at radius 1 is 1.16 bits per heavy atom. The molecular formula is C22H22F4N4O2. The van der Waals surface area contributed by atoms with Crippen molar-refractivity contribution in [2.75, 3.05) is 5.32 Å². The van der Waals surface area contributed by atoms with Crippen LogP contribution in [-0.2, 0) is 19.3 Å². The number of aliphatic hydroxyl groups excluding tert-OH is 1. The van der Waals surface area contributed by atoms with Gasteiger partial charge >= 0.3 is 12.2 Å². The molecule has 0 spiro atoms. The first kappa shape index (κ1) is 23.3. The van der Waals surface area contributed by atoms with Crippen molar-refractivity contribution < 1.29 is 27.5 Å². The summed E-state index contributed by atoms with van der Waals surface area (Å²) < 4.78 is 54.7. The molecule has 170 valence electrons. The summed E-state index contributed by atoms with van der Waals surface area (Å²) in [6.45, 7) is 3.19. The summed E-state index contributed by atoms with van der Waals surface area (Å²) in [6, 6.07) is 10.9. The van der Waals surface area contributed by atoms with Crippen molar-refractivity contribution in [1.82, 2.24) is 15.1 Å². The average Bonchev–Trinajstić information content (AvgIpc) is 3.17. The standard InChI is InChI=1S/C22H22F4N4O2/c1-13(2)14-4-3-5-17(8-14)30-18(10-20(29-30)22(24,25)26)11-27-21(32)28-16-7-6-15(12-31)19(23)9-16/h3-10,13,31H,11-12H2,1-2H3,(H2,27,28,32). The van der Waals surface area contributed by atoms with Crippen molar-refractivity contribution in [2.24, 2.45) is 0 Å². The lowest BCUT2D eigenvalue weighted by atomic mass is 10.0. The lowest BCUT2D eigenvalue weighted by molar-refractivity contribution is -0.141. The third-order valence-electron chi connectivity index (χ3n) is 4.77. The molecule has 3 N–H and O–H groups in total. The van der Waals surface area contributed by atoms with Crippen LogP contribution < -0.4 is 10.6 Å². The second-order valence-electron chi connectivity index (χ2n) is 7.45. The van der Waals surface area contributed by atoms with Crippen LogP contribution in [0.1, 0.15) is 42.3 Å². The largest absolute Gasteiger partial charge is 0.435 e. The van der Waals surface area contributed by atoms with E-state index in [1.807, 2.05) is 19.9 Å². The van der Waals surface area contributed by atoms with Gasteiger partial charge in [-0.05, 0) is 41.8 Å². The van der Waals surface area contributed by atoms with Crippen LogP contribution in [-0.4, -0.2) is 20.9 Å². The van der Waals surface area contributed by atoms with E-state index in [-0.39, 0.29) is 29.4 Å². The monoisotopic (exact) mass is 450 g/mol. The van der Waals surface area contributed by atoms with Gasteiger partial charge in [0, 0.05) is 11.3 Å². The van der Waals surface area contributed by atoms with E-state index in [2.05, 4.69) is 15.7 Å². The van der Waals surface area contributed by atoms with Gasteiger partial charge in [-0.1, -0.05) is 32.0 Å². The minimum Gasteiger partial charge on any atom is -0.392 e. The number of hydrogen-bond acceptors (Lipinski definition) is 3. The number of urea groups is 1. The van der Waals surface area contributed by atoms with Crippen molar-refractivity contribution in [2.45, 2.75) is 39.1 Å². The summed E-state index contributed by atoms with van der Waals surface area (Å²) >= 11 is 0. The molecule has 2 amide bonds. The van der Waals surface area contributed by atoms with Crippen LogP contribution >= 0.6 is 0 Å². The van der Waals surface area contributed by atoms with Gasteiger partial charge in [0.25, 0.3) is 0 Å². The van der Waals surface area contributed by atoms with Gasteiger partial charge in [-0.25, -0.2) is 13.9 Å². The van der Waals surface area contributed by atoms with Crippen LogP contribution in [0.5, 0.6) is 0 Å². The number of aromatic nitrogens is 2. The fourth-order valence-corrected chi connectivity index (χ4v) is 3.02. The van der Waals surface area contributed by atoms with Crippen molar-refractivity contribution in [3.8, 4) is 5.69 Å². The van der Waals surface area contributed by atoms with Crippen LogP contribution in [0.15, 0.2) is 48.5 Å². The maximum Gasteiger partial charge on any atom is 0.435 e. The van der Waals surface area contributed by atoms with Gasteiger partial charge in [-0.3, -0.25) is 0 Å². The molecule has 0 aliphatic rings. The fraction of sp³-hybridized carbons (Fsp3) is 0.273. The maximum atomic E-state index is 13.7. The maximum absolute atomic E-state index is 13.7. The number of rotatable bonds is 6. The molecule has 0 saturated carbocycles. The SMILES string of the molecule is CC(C)c1cccc(-n2nc(C(F)(F)F)cc2CNC(=O)Nc2ccc(CO)c(F)c2)c1. The zero-order chi connectivity index (χ0) is 23.5. The lowest BCUT2D eigenvalue weighted by Gasteiger charge is -2.12. The number of hydrogen-bond donors (Lipinski definition) is 3. The van der Waals surface area contributed by atoms with E-state index in [1.165, 1.54) is 12.1 Å². The van der Waals surface area contributed by atoms with E-state index in [0.717, 1.165) is 22.4 Å². The summed E-state index contributed by atoms with van der Waals surface area (Å²) in [4.78, 5) is 12.2. The molecule has 0 unspecified atom stereocenters. The topological polar surface area (TPSA) is 79.2 Å². The Kier molecular flexibility index (Phi) is 6.83. The number of carbonyl (C=O) groups is 1. The number of amides is 2. The van der Waals surface area contributed by atoms with Gasteiger partial charge < -0.3 is 15.7 Å². The summed E-state index contributed by atoms with van der Waals surface area (Å²) in [6.07, 6.45) is -4.65. The van der Waals surface area contributed by atoms with Crippen LogP contribution in [0, 0.1) is 5.82 Å². The van der Waals surface area contributed by atoms with Gasteiger partial charge in [0.05, 0.1) is 24.5 Å². The van der Waals surface area contributed by atoms with Gasteiger partial charge in [0.15, 0.2) is 5.69 Å². The quantitative estimate of drug-likeness (QED) is 0.464. The number of benzene rings is 2. The highest BCUT2D eigenvalue weighted by Gasteiger charge is 2.35. The van der Waals surface area contributed by atoms with E-state index in [0.29, 0.717) is 5.69 Å². The number of nitrogens with zero attached hydrogens (tertiary/aromatic N) is 2. The van der Waals surface area contributed by atoms with Crippen LogP contribution in [0.25, 0.3) is 5.69 Å². The number of anilines is 1. The van der Waals surface area contributed by atoms with E-state index in [1.54, 1.807) is 18.2 Å². The number of aliphatic hydroxyl groups is 1. The first-order valence-corrected chi connectivity index (χ1v) is 9.79. The molecule has 0 aliphatic heterocycles. The van der Waals surface area contributed by atoms with Crippen LogP contribution in [0.4, 0.5) is 28.0 Å². The van der Waals surface area contributed by atoms with E-state index in [9.17, 15) is 22.4 Å².